The zero-order valence-electron chi connectivity index (χ0n) is 17.4. The highest BCUT2D eigenvalue weighted by Crippen LogP contribution is 2.12. The molecule has 4 aromatic carbocycles. The van der Waals surface area contributed by atoms with Crippen LogP contribution in [-0.2, 0) is 0 Å². The lowest BCUT2D eigenvalue weighted by Gasteiger charge is -2.07. The van der Waals surface area contributed by atoms with Crippen molar-refractivity contribution in [1.29, 1.82) is 0 Å². The van der Waals surface area contributed by atoms with Crippen LogP contribution in [0.2, 0.25) is 0 Å². The number of benzene rings is 4. The second-order valence-corrected chi connectivity index (χ2v) is 6.07. The Hall–Kier alpha value is -3.34. The van der Waals surface area contributed by atoms with Crippen LogP contribution in [0.5, 0.6) is 23.0 Å². The Morgan fingerprint density at radius 3 is 0.688 bits per heavy atom. The minimum absolute atomic E-state index is 0. The number of rotatable bonds is 8. The van der Waals surface area contributed by atoms with Gasteiger partial charge in [-0.15, -0.1) is 24.8 Å². The fourth-order valence-corrected chi connectivity index (χ4v) is 2.40. The minimum Gasteiger partial charge on any atom is -0.458 e. The van der Waals surface area contributed by atoms with Gasteiger partial charge in [0.25, 0.3) is 0 Å². The highest BCUT2D eigenvalue weighted by atomic mass is 35.5. The lowest BCUT2D eigenvalue weighted by atomic mass is 10.3. The van der Waals surface area contributed by atoms with Gasteiger partial charge in [-0.1, -0.05) is 72.8 Å². The van der Waals surface area contributed by atoms with E-state index in [9.17, 15) is 0 Å². The zero-order valence-corrected chi connectivity index (χ0v) is 19.0. The molecule has 0 bridgehead atoms. The quantitative estimate of drug-likeness (QED) is 0.257. The fourth-order valence-electron chi connectivity index (χ4n) is 2.40. The van der Waals surface area contributed by atoms with Crippen molar-refractivity contribution in [3.63, 3.8) is 0 Å². The van der Waals surface area contributed by atoms with Gasteiger partial charge >= 0.3 is 0 Å². The Morgan fingerprint density at radius 2 is 0.500 bits per heavy atom. The van der Waals surface area contributed by atoms with Crippen LogP contribution in [0.25, 0.3) is 0 Å². The summed E-state index contributed by atoms with van der Waals surface area (Å²) in [6, 6.07) is 38.4. The molecule has 4 aromatic rings. The fraction of sp³-hybridized carbons (Fsp3) is 0.0769. The van der Waals surface area contributed by atoms with Gasteiger partial charge in [0.15, 0.2) is 0 Å². The lowest BCUT2D eigenvalue weighted by molar-refractivity contribution is 0.119. The second-order valence-electron chi connectivity index (χ2n) is 6.07. The maximum Gasteiger partial charge on any atom is 0.230 e. The number of ether oxygens (including phenoxy) is 4. The van der Waals surface area contributed by atoms with Crippen LogP contribution in [0.15, 0.2) is 121 Å². The van der Waals surface area contributed by atoms with Gasteiger partial charge in [-0.2, -0.15) is 0 Å². The summed E-state index contributed by atoms with van der Waals surface area (Å²) in [6.07, 6.45) is 0. The van der Waals surface area contributed by atoms with Gasteiger partial charge in [-0.25, -0.2) is 0 Å². The number of para-hydroxylation sites is 4. The molecule has 0 unspecified atom stereocenters. The third-order valence-corrected chi connectivity index (χ3v) is 3.88. The Labute approximate surface area is 201 Å². The minimum atomic E-state index is 0. The summed E-state index contributed by atoms with van der Waals surface area (Å²) in [6.45, 7) is 0.460. The summed E-state index contributed by atoms with van der Waals surface area (Å²) in [5.74, 6) is 3.25. The Morgan fingerprint density at radius 1 is 0.312 bits per heavy atom. The molecule has 0 aromatic heterocycles. The number of halogens is 2. The van der Waals surface area contributed by atoms with Crippen molar-refractivity contribution in [2.75, 3.05) is 13.6 Å². The topological polar surface area (TPSA) is 36.9 Å². The molecular weight excluding hydrogens is 447 g/mol. The molecular formula is C26H26Cl2O4. The van der Waals surface area contributed by atoms with E-state index in [0.29, 0.717) is 0 Å². The van der Waals surface area contributed by atoms with Crippen LogP contribution in [0.1, 0.15) is 0 Å². The van der Waals surface area contributed by atoms with E-state index in [-0.39, 0.29) is 38.4 Å². The molecule has 0 saturated carbocycles. The number of hydrogen-bond donors (Lipinski definition) is 0. The maximum atomic E-state index is 5.39. The third kappa shape index (κ3) is 10.6. The molecule has 168 valence electrons. The molecule has 32 heavy (non-hydrogen) atoms. The highest BCUT2D eigenvalue weighted by Gasteiger charge is 1.93. The largest absolute Gasteiger partial charge is 0.458 e. The van der Waals surface area contributed by atoms with E-state index in [1.165, 1.54) is 0 Å². The molecule has 0 spiro atoms. The zero-order chi connectivity index (χ0) is 20.7. The van der Waals surface area contributed by atoms with Crippen molar-refractivity contribution < 1.29 is 18.9 Å². The molecule has 0 aliphatic rings. The predicted molar refractivity (Wildman–Crippen MR) is 133 cm³/mol. The van der Waals surface area contributed by atoms with Crippen molar-refractivity contribution in [3.05, 3.63) is 121 Å². The molecule has 0 aliphatic carbocycles. The summed E-state index contributed by atoms with van der Waals surface area (Å²) in [7, 11) is 0. The van der Waals surface area contributed by atoms with E-state index in [1.807, 2.05) is 121 Å². The van der Waals surface area contributed by atoms with Gasteiger partial charge in [-0.05, 0) is 48.5 Å². The van der Waals surface area contributed by atoms with Crippen LogP contribution in [-0.4, -0.2) is 13.6 Å². The summed E-state index contributed by atoms with van der Waals surface area (Å²) in [4.78, 5) is 0. The molecule has 0 heterocycles. The van der Waals surface area contributed by atoms with Crippen LogP contribution >= 0.6 is 24.8 Å². The number of hydrogen-bond acceptors (Lipinski definition) is 4. The average Bonchev–Trinajstić information content (AvgIpc) is 2.82. The SMILES string of the molecule is Cl.Cl.c1ccc(OCOc2ccccc2)cc1.c1ccc(OCOc2ccccc2)cc1. The van der Waals surface area contributed by atoms with E-state index in [2.05, 4.69) is 0 Å². The summed E-state index contributed by atoms with van der Waals surface area (Å²) in [5, 5.41) is 0. The molecule has 0 saturated heterocycles. The first-order chi connectivity index (χ1) is 14.9. The Kier molecular flexibility index (Phi) is 13.7. The van der Waals surface area contributed by atoms with E-state index in [4.69, 9.17) is 18.9 Å². The maximum absolute atomic E-state index is 5.39. The van der Waals surface area contributed by atoms with Crippen LogP contribution in [0.3, 0.4) is 0 Å². The normalized spacial score (nSPS) is 9.00. The Balaban J connectivity index is 0.000000301. The van der Waals surface area contributed by atoms with Crippen LogP contribution < -0.4 is 18.9 Å². The lowest BCUT2D eigenvalue weighted by Crippen LogP contribution is -2.05. The van der Waals surface area contributed by atoms with Gasteiger partial charge < -0.3 is 18.9 Å². The van der Waals surface area contributed by atoms with Crippen molar-refractivity contribution in [2.24, 2.45) is 0 Å². The van der Waals surface area contributed by atoms with Crippen molar-refractivity contribution >= 4 is 24.8 Å². The first kappa shape index (κ1) is 26.7. The van der Waals surface area contributed by atoms with E-state index < -0.39 is 0 Å². The van der Waals surface area contributed by atoms with Gasteiger partial charge in [0, 0.05) is 0 Å². The standard InChI is InChI=1S/2C13H12O2.2ClH/c2*1-3-7-12(8-4-1)14-11-15-13-9-5-2-6-10-13;;/h2*1-10H,11H2;2*1H. The molecule has 0 fully saturated rings. The third-order valence-electron chi connectivity index (χ3n) is 3.88. The Bertz CT molecular complexity index is 780. The smallest absolute Gasteiger partial charge is 0.230 e. The summed E-state index contributed by atoms with van der Waals surface area (Å²) < 4.78 is 21.6. The molecule has 0 N–H and O–H groups in total. The van der Waals surface area contributed by atoms with Crippen LogP contribution in [0.4, 0.5) is 0 Å². The van der Waals surface area contributed by atoms with Gasteiger partial charge in [0.2, 0.25) is 13.6 Å². The van der Waals surface area contributed by atoms with Crippen molar-refractivity contribution in [2.45, 2.75) is 0 Å². The van der Waals surface area contributed by atoms with Crippen molar-refractivity contribution in [1.82, 2.24) is 0 Å². The monoisotopic (exact) mass is 472 g/mol. The van der Waals surface area contributed by atoms with Crippen molar-refractivity contribution in [3.8, 4) is 23.0 Å². The van der Waals surface area contributed by atoms with Gasteiger partial charge in [0.05, 0.1) is 0 Å². The average molecular weight is 473 g/mol. The molecule has 0 atom stereocenters. The molecule has 6 heteroatoms. The van der Waals surface area contributed by atoms with E-state index >= 15 is 0 Å². The second kappa shape index (κ2) is 16.4. The van der Waals surface area contributed by atoms with Gasteiger partial charge in [0.1, 0.15) is 23.0 Å². The first-order valence-corrected chi connectivity index (χ1v) is 9.61. The molecule has 4 rings (SSSR count). The molecule has 0 aliphatic heterocycles. The summed E-state index contributed by atoms with van der Waals surface area (Å²) in [5.41, 5.74) is 0. The highest BCUT2D eigenvalue weighted by molar-refractivity contribution is 5.85. The van der Waals surface area contributed by atoms with E-state index in [1.54, 1.807) is 0 Å². The van der Waals surface area contributed by atoms with Gasteiger partial charge in [-0.3, -0.25) is 0 Å². The summed E-state index contributed by atoms with van der Waals surface area (Å²) >= 11 is 0. The first-order valence-electron chi connectivity index (χ1n) is 9.61. The molecule has 0 radical (unpaired) electrons. The molecule has 0 amide bonds. The molecule has 4 nitrogen and oxygen atoms in total. The van der Waals surface area contributed by atoms with Crippen LogP contribution in [0, 0.1) is 0 Å². The van der Waals surface area contributed by atoms with E-state index in [0.717, 1.165) is 23.0 Å². The predicted octanol–water partition coefficient (Wildman–Crippen LogP) is 7.05.